The van der Waals surface area contributed by atoms with E-state index in [4.69, 9.17) is 4.74 Å². The SMILES string of the molecule is COc1ccccc1NCCNc1ccccc1F. The van der Waals surface area contributed by atoms with E-state index in [1.54, 1.807) is 25.3 Å². The summed E-state index contributed by atoms with van der Waals surface area (Å²) in [5.41, 5.74) is 1.45. The fourth-order valence-electron chi connectivity index (χ4n) is 1.79. The van der Waals surface area contributed by atoms with Crippen molar-refractivity contribution >= 4 is 11.4 Å². The summed E-state index contributed by atoms with van der Waals surface area (Å²) in [7, 11) is 1.64. The first-order valence-corrected chi connectivity index (χ1v) is 6.16. The van der Waals surface area contributed by atoms with E-state index < -0.39 is 0 Å². The molecule has 0 radical (unpaired) electrons. The molecule has 2 rings (SSSR count). The summed E-state index contributed by atoms with van der Waals surface area (Å²) >= 11 is 0. The second-order valence-corrected chi connectivity index (χ2v) is 4.03. The summed E-state index contributed by atoms with van der Waals surface area (Å²) in [5, 5.41) is 6.29. The summed E-state index contributed by atoms with van der Waals surface area (Å²) in [6.07, 6.45) is 0. The molecule has 0 aliphatic heterocycles. The lowest BCUT2D eigenvalue weighted by atomic mass is 10.3. The molecule has 100 valence electrons. The number of hydrogen-bond acceptors (Lipinski definition) is 3. The molecule has 0 aliphatic rings. The Morgan fingerprint density at radius 1 is 0.895 bits per heavy atom. The molecule has 19 heavy (non-hydrogen) atoms. The monoisotopic (exact) mass is 260 g/mol. The van der Waals surface area contributed by atoms with Crippen molar-refractivity contribution in [2.45, 2.75) is 0 Å². The van der Waals surface area contributed by atoms with E-state index in [-0.39, 0.29) is 5.82 Å². The molecular formula is C15H17FN2O. The first-order valence-electron chi connectivity index (χ1n) is 6.16. The van der Waals surface area contributed by atoms with Gasteiger partial charge in [-0.1, -0.05) is 24.3 Å². The zero-order valence-corrected chi connectivity index (χ0v) is 10.8. The van der Waals surface area contributed by atoms with Crippen LogP contribution in [0.3, 0.4) is 0 Å². The van der Waals surface area contributed by atoms with Crippen molar-refractivity contribution in [1.29, 1.82) is 0 Å². The van der Waals surface area contributed by atoms with Gasteiger partial charge in [-0.2, -0.15) is 0 Å². The smallest absolute Gasteiger partial charge is 0.146 e. The second-order valence-electron chi connectivity index (χ2n) is 4.03. The van der Waals surface area contributed by atoms with Crippen LogP contribution in [0.1, 0.15) is 0 Å². The van der Waals surface area contributed by atoms with Crippen LogP contribution in [0.25, 0.3) is 0 Å². The van der Waals surface area contributed by atoms with Gasteiger partial charge in [-0.3, -0.25) is 0 Å². The third-order valence-electron chi connectivity index (χ3n) is 2.74. The summed E-state index contributed by atoms with van der Waals surface area (Å²) in [5.74, 6) is 0.563. The predicted octanol–water partition coefficient (Wildman–Crippen LogP) is 3.36. The average molecular weight is 260 g/mol. The molecule has 2 N–H and O–H groups in total. The maximum absolute atomic E-state index is 13.4. The molecule has 0 fully saturated rings. The van der Waals surface area contributed by atoms with Gasteiger partial charge in [0.15, 0.2) is 0 Å². The minimum absolute atomic E-state index is 0.236. The van der Waals surface area contributed by atoms with E-state index in [1.807, 2.05) is 24.3 Å². The van der Waals surface area contributed by atoms with E-state index in [2.05, 4.69) is 10.6 Å². The molecule has 0 heterocycles. The van der Waals surface area contributed by atoms with Gasteiger partial charge in [-0.05, 0) is 24.3 Å². The van der Waals surface area contributed by atoms with Gasteiger partial charge in [-0.25, -0.2) is 4.39 Å². The van der Waals surface area contributed by atoms with Crippen molar-refractivity contribution in [1.82, 2.24) is 0 Å². The fourth-order valence-corrected chi connectivity index (χ4v) is 1.79. The normalized spacial score (nSPS) is 10.0. The molecule has 0 bridgehead atoms. The van der Waals surface area contributed by atoms with Crippen LogP contribution in [-0.4, -0.2) is 20.2 Å². The van der Waals surface area contributed by atoms with Crippen molar-refractivity contribution < 1.29 is 9.13 Å². The highest BCUT2D eigenvalue weighted by Crippen LogP contribution is 2.22. The quantitative estimate of drug-likeness (QED) is 0.781. The number of hydrogen-bond donors (Lipinski definition) is 2. The minimum atomic E-state index is -0.236. The maximum atomic E-state index is 13.4. The number of halogens is 1. The van der Waals surface area contributed by atoms with Gasteiger partial charge in [0, 0.05) is 13.1 Å². The number of para-hydroxylation sites is 3. The third-order valence-corrected chi connectivity index (χ3v) is 2.74. The molecule has 2 aromatic carbocycles. The molecule has 0 aromatic heterocycles. The highest BCUT2D eigenvalue weighted by atomic mass is 19.1. The van der Waals surface area contributed by atoms with Crippen LogP contribution in [-0.2, 0) is 0 Å². The van der Waals surface area contributed by atoms with Gasteiger partial charge in [0.2, 0.25) is 0 Å². The zero-order chi connectivity index (χ0) is 13.5. The van der Waals surface area contributed by atoms with E-state index in [9.17, 15) is 4.39 Å². The number of benzene rings is 2. The number of rotatable bonds is 6. The lowest BCUT2D eigenvalue weighted by molar-refractivity contribution is 0.416. The van der Waals surface area contributed by atoms with Gasteiger partial charge in [0.1, 0.15) is 11.6 Å². The Morgan fingerprint density at radius 3 is 2.16 bits per heavy atom. The topological polar surface area (TPSA) is 33.3 Å². The predicted molar refractivity (Wildman–Crippen MR) is 76.4 cm³/mol. The average Bonchev–Trinajstić information content (AvgIpc) is 2.45. The molecule has 0 amide bonds. The lowest BCUT2D eigenvalue weighted by Gasteiger charge is -2.12. The van der Waals surface area contributed by atoms with Crippen LogP contribution in [0.2, 0.25) is 0 Å². The number of methoxy groups -OCH3 is 1. The number of ether oxygens (including phenoxy) is 1. The molecule has 4 heteroatoms. The minimum Gasteiger partial charge on any atom is -0.495 e. The molecule has 0 spiro atoms. The van der Waals surface area contributed by atoms with E-state index in [0.29, 0.717) is 18.8 Å². The largest absolute Gasteiger partial charge is 0.495 e. The summed E-state index contributed by atoms with van der Waals surface area (Å²) in [6, 6.07) is 14.3. The first kappa shape index (κ1) is 13.2. The molecule has 0 saturated heterocycles. The van der Waals surface area contributed by atoms with Crippen LogP contribution in [0, 0.1) is 5.82 Å². The van der Waals surface area contributed by atoms with Crippen molar-refractivity contribution in [3.63, 3.8) is 0 Å². The van der Waals surface area contributed by atoms with E-state index >= 15 is 0 Å². The van der Waals surface area contributed by atoms with Crippen LogP contribution >= 0.6 is 0 Å². The maximum Gasteiger partial charge on any atom is 0.146 e. The number of nitrogens with one attached hydrogen (secondary N) is 2. The van der Waals surface area contributed by atoms with Gasteiger partial charge in [0.05, 0.1) is 18.5 Å². The van der Waals surface area contributed by atoms with Crippen LogP contribution < -0.4 is 15.4 Å². The van der Waals surface area contributed by atoms with Crippen LogP contribution in [0.4, 0.5) is 15.8 Å². The van der Waals surface area contributed by atoms with Crippen LogP contribution in [0.15, 0.2) is 48.5 Å². The Kier molecular flexibility index (Phi) is 4.61. The Labute approximate surface area is 112 Å². The third kappa shape index (κ3) is 3.61. The Hall–Kier alpha value is -2.23. The molecular weight excluding hydrogens is 243 g/mol. The second kappa shape index (κ2) is 6.64. The fraction of sp³-hybridized carbons (Fsp3) is 0.200. The molecule has 0 aliphatic carbocycles. The van der Waals surface area contributed by atoms with Crippen molar-refractivity contribution in [2.24, 2.45) is 0 Å². The highest BCUT2D eigenvalue weighted by molar-refractivity contribution is 5.56. The standard InChI is InChI=1S/C15H17FN2O/c1-19-15-9-5-4-8-14(15)18-11-10-17-13-7-3-2-6-12(13)16/h2-9,17-18H,10-11H2,1H3. The molecule has 3 nitrogen and oxygen atoms in total. The molecule has 2 aromatic rings. The van der Waals surface area contributed by atoms with Gasteiger partial charge in [0.25, 0.3) is 0 Å². The van der Waals surface area contributed by atoms with Gasteiger partial charge >= 0.3 is 0 Å². The van der Waals surface area contributed by atoms with Crippen molar-refractivity contribution in [3.8, 4) is 5.75 Å². The van der Waals surface area contributed by atoms with E-state index in [1.165, 1.54) is 6.07 Å². The Bertz CT molecular complexity index is 531. The molecule has 0 atom stereocenters. The Balaban J connectivity index is 1.83. The highest BCUT2D eigenvalue weighted by Gasteiger charge is 2.01. The van der Waals surface area contributed by atoms with E-state index in [0.717, 1.165) is 11.4 Å². The van der Waals surface area contributed by atoms with Crippen molar-refractivity contribution in [3.05, 3.63) is 54.3 Å². The first-order chi connectivity index (χ1) is 9.31. The molecule has 0 saturated carbocycles. The van der Waals surface area contributed by atoms with Crippen molar-refractivity contribution in [2.75, 3.05) is 30.8 Å². The summed E-state index contributed by atoms with van der Waals surface area (Å²) in [4.78, 5) is 0. The zero-order valence-electron chi connectivity index (χ0n) is 10.8. The van der Waals surface area contributed by atoms with Crippen LogP contribution in [0.5, 0.6) is 5.75 Å². The van der Waals surface area contributed by atoms with Gasteiger partial charge in [-0.15, -0.1) is 0 Å². The summed E-state index contributed by atoms with van der Waals surface area (Å²) < 4.78 is 18.6. The van der Waals surface area contributed by atoms with Gasteiger partial charge < -0.3 is 15.4 Å². The number of anilines is 2. The molecule has 0 unspecified atom stereocenters. The summed E-state index contributed by atoms with van der Waals surface area (Å²) in [6.45, 7) is 1.30. The lowest BCUT2D eigenvalue weighted by Crippen LogP contribution is -2.14. The Morgan fingerprint density at radius 2 is 1.47 bits per heavy atom.